The first kappa shape index (κ1) is 48.1. The van der Waals surface area contributed by atoms with E-state index in [1.165, 1.54) is 35.5 Å². The summed E-state index contributed by atoms with van der Waals surface area (Å²) in [5, 5.41) is 38.7. The van der Waals surface area contributed by atoms with Crippen LogP contribution in [0.25, 0.3) is 0 Å². The van der Waals surface area contributed by atoms with E-state index < -0.39 is 32.7 Å². The van der Waals surface area contributed by atoms with E-state index in [2.05, 4.69) is 24.6 Å². The molecule has 0 bridgehead atoms. The molecule has 0 saturated heterocycles. The molecule has 0 unspecified atom stereocenters. The number of sulfonamides is 1. The minimum absolute atomic E-state index is 0.00871. The molecule has 6 rings (SSSR count). The van der Waals surface area contributed by atoms with Crippen LogP contribution in [-0.2, 0) is 31.0 Å². The average Bonchev–Trinajstić information content (AvgIpc) is 3.28. The van der Waals surface area contributed by atoms with Gasteiger partial charge in [-0.05, 0) is 110 Å². The lowest BCUT2D eigenvalue weighted by molar-refractivity contribution is -0.384. The van der Waals surface area contributed by atoms with Crippen molar-refractivity contribution in [2.75, 3.05) is 38.3 Å². The first-order valence-electron chi connectivity index (χ1n) is 22.0. The Kier molecular flexibility index (Phi) is 16.5. The summed E-state index contributed by atoms with van der Waals surface area (Å²) < 4.78 is 52.2. The Morgan fingerprint density at radius 1 is 1.02 bits per heavy atom. The molecule has 1 fully saturated rings. The molecule has 1 amide bonds. The van der Waals surface area contributed by atoms with E-state index in [0.29, 0.717) is 47.7 Å². The van der Waals surface area contributed by atoms with Crippen LogP contribution in [0.1, 0.15) is 82.3 Å². The van der Waals surface area contributed by atoms with Crippen molar-refractivity contribution < 1.29 is 47.4 Å². The Bertz CT molecular complexity index is 2280. The molecule has 3 N–H and O–H groups in total. The number of aliphatic hydroxyl groups is 2. The van der Waals surface area contributed by atoms with Gasteiger partial charge in [-0.25, -0.2) is 8.42 Å². The maximum absolute atomic E-state index is 15.2. The van der Waals surface area contributed by atoms with Crippen molar-refractivity contribution in [3.63, 3.8) is 0 Å². The van der Waals surface area contributed by atoms with Gasteiger partial charge in [-0.15, -0.1) is 6.58 Å². The number of hydrogen-bond donors (Lipinski definition) is 3. The number of carbonyl (C=O) groups is 1. The van der Waals surface area contributed by atoms with Crippen LogP contribution in [-0.4, -0.2) is 84.3 Å². The number of nitro groups is 1. The number of rotatable bonds is 24. The van der Waals surface area contributed by atoms with Crippen molar-refractivity contribution in [2.45, 2.75) is 94.5 Å². The Labute approximate surface area is 375 Å². The van der Waals surface area contributed by atoms with Crippen LogP contribution in [0.2, 0.25) is 0 Å². The summed E-state index contributed by atoms with van der Waals surface area (Å²) in [6.07, 6.45) is 10.1. The Morgan fingerprint density at radius 3 is 2.36 bits per heavy atom. The van der Waals surface area contributed by atoms with Crippen molar-refractivity contribution in [1.29, 1.82) is 0 Å². The molecule has 16 heteroatoms. The number of amides is 1. The molecular weight excluding hydrogens is 841 g/mol. The smallest absolute Gasteiger partial charge is 0.269 e. The minimum atomic E-state index is -4.31. The molecule has 6 atom stereocenters. The van der Waals surface area contributed by atoms with Gasteiger partial charge < -0.3 is 34.6 Å². The van der Waals surface area contributed by atoms with Crippen LogP contribution in [0.15, 0.2) is 114 Å². The Hall–Kier alpha value is -5.39. The molecule has 1 heterocycles. The van der Waals surface area contributed by atoms with Crippen LogP contribution in [0.5, 0.6) is 11.5 Å². The number of nitrogens with zero attached hydrogens (tertiary/aromatic N) is 3. The Balaban J connectivity index is 1.59. The highest BCUT2D eigenvalue weighted by atomic mass is 32.2. The minimum Gasteiger partial charge on any atom is -0.490 e. The fraction of sp³-hybridized carbons (Fsp3) is 0.458. The van der Waals surface area contributed by atoms with Crippen molar-refractivity contribution in [1.82, 2.24) is 4.31 Å². The van der Waals surface area contributed by atoms with Crippen molar-refractivity contribution in [2.24, 2.45) is 22.9 Å². The van der Waals surface area contributed by atoms with Gasteiger partial charge in [-0.2, -0.15) is 4.31 Å². The SMILES string of the molecule is C=CCOc1ccc2c(c1)[C@H]1[C@H](CCCCO)[C@@H](CCCCO)C=C3C(=NOCc4ccc([N+](=O)[O-])cc4)C[C@H](N(CCC)S(=O)(=O)c4ccc(NC(C)=O)cc4)[C@@](OCC=C)(O2)[C@H]31. The summed E-state index contributed by atoms with van der Waals surface area (Å²) in [5.41, 5.74) is 3.19. The second kappa shape index (κ2) is 22.0. The third-order valence-electron chi connectivity index (χ3n) is 12.1. The first-order valence-corrected chi connectivity index (χ1v) is 23.4. The maximum Gasteiger partial charge on any atom is 0.269 e. The number of ether oxygens (including phenoxy) is 3. The number of nitro benzene ring substituents is 1. The summed E-state index contributed by atoms with van der Waals surface area (Å²) >= 11 is 0. The molecule has 64 heavy (non-hydrogen) atoms. The number of benzene rings is 3. The second-order valence-electron chi connectivity index (χ2n) is 16.4. The highest BCUT2D eigenvalue weighted by Gasteiger charge is 2.66. The third kappa shape index (κ3) is 10.6. The van der Waals surface area contributed by atoms with E-state index in [1.54, 1.807) is 36.4 Å². The Morgan fingerprint density at radius 2 is 1.72 bits per heavy atom. The van der Waals surface area contributed by atoms with Crippen molar-refractivity contribution in [3.05, 3.63) is 125 Å². The molecule has 3 aromatic rings. The van der Waals surface area contributed by atoms with E-state index in [1.807, 2.05) is 25.1 Å². The average molecular weight is 901 g/mol. The van der Waals surface area contributed by atoms with E-state index in [-0.39, 0.29) is 80.2 Å². The first-order chi connectivity index (χ1) is 30.9. The number of non-ortho nitro benzene ring substituents is 1. The molecule has 1 saturated carbocycles. The number of nitrogens with one attached hydrogen (secondary N) is 1. The lowest BCUT2D eigenvalue weighted by atomic mass is 9.55. The van der Waals surface area contributed by atoms with E-state index in [9.17, 15) is 25.1 Å². The number of anilines is 1. The number of unbranched alkanes of at least 4 members (excludes halogenated alkanes) is 2. The van der Waals surface area contributed by atoms with E-state index in [4.69, 9.17) is 24.2 Å². The normalized spacial score (nSPS) is 23.0. The maximum atomic E-state index is 15.2. The monoisotopic (exact) mass is 900 g/mol. The molecule has 15 nitrogen and oxygen atoms in total. The van der Waals surface area contributed by atoms with Gasteiger partial charge in [0, 0.05) is 62.4 Å². The standard InChI is InChI=1S/C48H60N4O11S/c1-5-24-51(64(58,59)39-21-16-36(17-22-39)49-33(4)55)45-31-43(50-62-32-34-14-18-37(19-15-34)52(56)57)41-29-35(12-8-10-25-53)40(13-9-11-26-54)46-42-30-38(60-27-6-2)20-23-44(42)63-48(45,47(41)46)61-28-7-3/h6-7,14-23,29-30,35,40,45-47,53-54H,2-3,5,8-13,24-28,31-32H2,1,4H3,(H,49,55)/t35-,40+,45-,46+,47+,48+/m0/s1. The van der Waals surface area contributed by atoms with Gasteiger partial charge in [-0.3, -0.25) is 14.9 Å². The van der Waals surface area contributed by atoms with Gasteiger partial charge >= 0.3 is 0 Å². The lowest BCUT2D eigenvalue weighted by Crippen LogP contribution is -2.70. The second-order valence-corrected chi connectivity index (χ2v) is 18.3. The van der Waals surface area contributed by atoms with E-state index >= 15 is 8.42 Å². The zero-order valence-electron chi connectivity index (χ0n) is 36.6. The van der Waals surface area contributed by atoms with Gasteiger partial charge in [0.2, 0.25) is 21.7 Å². The number of hydrogen-bond acceptors (Lipinski definition) is 12. The number of carbonyl (C=O) groups excluding carboxylic acids is 1. The van der Waals surface area contributed by atoms with Gasteiger partial charge in [0.15, 0.2) is 0 Å². The topological polar surface area (TPSA) is 199 Å². The molecule has 3 aromatic carbocycles. The highest BCUT2D eigenvalue weighted by molar-refractivity contribution is 7.89. The van der Waals surface area contributed by atoms with Crippen molar-refractivity contribution in [3.8, 4) is 11.5 Å². The molecule has 1 aliphatic heterocycles. The van der Waals surface area contributed by atoms with Crippen LogP contribution < -0.4 is 14.8 Å². The fourth-order valence-electron chi connectivity index (χ4n) is 9.48. The number of fused-ring (bicyclic) bond motifs is 2. The van der Waals surface area contributed by atoms with Crippen LogP contribution in [0.4, 0.5) is 11.4 Å². The van der Waals surface area contributed by atoms with Crippen LogP contribution >= 0.6 is 0 Å². The summed E-state index contributed by atoms with van der Waals surface area (Å²) in [4.78, 5) is 28.8. The van der Waals surface area contributed by atoms with Crippen molar-refractivity contribution >= 4 is 33.0 Å². The fourth-order valence-corrected chi connectivity index (χ4v) is 11.2. The zero-order valence-corrected chi connectivity index (χ0v) is 37.4. The predicted octanol–water partition coefficient (Wildman–Crippen LogP) is 8.05. The number of aliphatic hydroxyl groups excluding tert-OH is 2. The molecule has 344 valence electrons. The lowest BCUT2D eigenvalue weighted by Gasteiger charge is -2.59. The van der Waals surface area contributed by atoms with E-state index in [0.717, 1.165) is 36.8 Å². The molecule has 2 aliphatic carbocycles. The van der Waals surface area contributed by atoms with Gasteiger partial charge in [0.25, 0.3) is 5.69 Å². The molecule has 3 aliphatic rings. The summed E-state index contributed by atoms with van der Waals surface area (Å²) in [7, 11) is -4.31. The zero-order chi connectivity index (χ0) is 45.9. The molecule has 0 aromatic heterocycles. The summed E-state index contributed by atoms with van der Waals surface area (Å²) in [6.45, 7) is 11.5. The van der Waals surface area contributed by atoms with Gasteiger partial charge in [0.1, 0.15) is 24.7 Å². The highest BCUT2D eigenvalue weighted by Crippen LogP contribution is 2.62. The largest absolute Gasteiger partial charge is 0.490 e. The van der Waals surface area contributed by atoms with Gasteiger partial charge in [0.05, 0.1) is 34.1 Å². The third-order valence-corrected chi connectivity index (χ3v) is 14.1. The van der Waals surface area contributed by atoms with Crippen LogP contribution in [0.3, 0.4) is 0 Å². The summed E-state index contributed by atoms with van der Waals surface area (Å²) in [6, 6.07) is 16.7. The molecule has 0 radical (unpaired) electrons. The number of allylic oxidation sites excluding steroid dienone is 1. The summed E-state index contributed by atoms with van der Waals surface area (Å²) in [5.74, 6) is -1.88. The number of oxime groups is 1. The van der Waals surface area contributed by atoms with Crippen LogP contribution in [0, 0.1) is 27.9 Å². The molecular formula is C48H60N4O11S. The predicted molar refractivity (Wildman–Crippen MR) is 243 cm³/mol. The molecule has 0 spiro atoms. The van der Waals surface area contributed by atoms with Gasteiger partial charge in [-0.1, -0.05) is 49.7 Å². The quantitative estimate of drug-likeness (QED) is 0.0340.